The highest BCUT2D eigenvalue weighted by Gasteiger charge is 2.15. The Bertz CT molecular complexity index is 336. The lowest BCUT2D eigenvalue weighted by Gasteiger charge is -2.13. The molecule has 0 spiro atoms. The Hall–Kier alpha value is -0.550. The van der Waals surface area contributed by atoms with E-state index in [2.05, 4.69) is 0 Å². The van der Waals surface area contributed by atoms with Crippen LogP contribution in [0.2, 0.25) is 5.02 Å². The van der Waals surface area contributed by atoms with Crippen LogP contribution >= 0.6 is 24.0 Å². The van der Waals surface area contributed by atoms with E-state index < -0.39 is 11.9 Å². The largest absolute Gasteiger partial charge is 0.506 e. The second kappa shape index (κ2) is 6.12. The molecule has 1 rings (SSSR count). The molecule has 0 radical (unpaired) electrons. The van der Waals surface area contributed by atoms with Gasteiger partial charge in [0.1, 0.15) is 16.6 Å². The SMILES string of the molecule is Cl.N[C@H](CCO)c1ccc(F)c(Cl)c1O. The van der Waals surface area contributed by atoms with Crippen LogP contribution in [0.3, 0.4) is 0 Å². The molecular formula is C9H12Cl2FNO2. The van der Waals surface area contributed by atoms with Gasteiger partial charge in [-0.15, -0.1) is 12.4 Å². The molecule has 1 aromatic rings. The van der Waals surface area contributed by atoms with E-state index in [4.69, 9.17) is 22.4 Å². The van der Waals surface area contributed by atoms with E-state index in [0.29, 0.717) is 5.56 Å². The molecule has 6 heteroatoms. The highest BCUT2D eigenvalue weighted by molar-refractivity contribution is 6.32. The standard InChI is InChI=1S/C9H11ClFNO2.ClH/c10-8-6(11)2-1-5(9(8)14)7(12)3-4-13;/h1-2,7,13-14H,3-4,12H2;1H/t7-;/m1./s1. The minimum Gasteiger partial charge on any atom is -0.506 e. The van der Waals surface area contributed by atoms with Crippen molar-refractivity contribution < 1.29 is 14.6 Å². The first-order chi connectivity index (χ1) is 6.57. The van der Waals surface area contributed by atoms with Crippen LogP contribution in [0.25, 0.3) is 0 Å². The molecule has 4 N–H and O–H groups in total. The second-order valence-corrected chi connectivity index (χ2v) is 3.30. The number of phenolic OH excluding ortho intramolecular Hbond substituents is 1. The number of halogens is 3. The summed E-state index contributed by atoms with van der Waals surface area (Å²) in [4.78, 5) is 0. The molecule has 15 heavy (non-hydrogen) atoms. The van der Waals surface area contributed by atoms with Gasteiger partial charge in [-0.05, 0) is 12.5 Å². The molecule has 0 aliphatic heterocycles. The fourth-order valence-electron chi connectivity index (χ4n) is 1.15. The molecule has 3 nitrogen and oxygen atoms in total. The molecular weight excluding hydrogens is 244 g/mol. The number of benzene rings is 1. The average molecular weight is 256 g/mol. The van der Waals surface area contributed by atoms with Crippen LogP contribution in [0.5, 0.6) is 5.75 Å². The highest BCUT2D eigenvalue weighted by Crippen LogP contribution is 2.33. The van der Waals surface area contributed by atoms with Crippen LogP contribution in [0.15, 0.2) is 12.1 Å². The van der Waals surface area contributed by atoms with Crippen LogP contribution in [0.4, 0.5) is 4.39 Å². The number of hydrogen-bond acceptors (Lipinski definition) is 3. The topological polar surface area (TPSA) is 66.5 Å². The number of nitrogens with two attached hydrogens (primary N) is 1. The van der Waals surface area contributed by atoms with Gasteiger partial charge in [0.15, 0.2) is 0 Å². The van der Waals surface area contributed by atoms with Crippen molar-refractivity contribution >= 4 is 24.0 Å². The van der Waals surface area contributed by atoms with E-state index in [-0.39, 0.29) is 36.2 Å². The van der Waals surface area contributed by atoms with Crippen molar-refractivity contribution in [2.24, 2.45) is 5.73 Å². The summed E-state index contributed by atoms with van der Waals surface area (Å²) in [5.74, 6) is -1.04. The summed E-state index contributed by atoms with van der Waals surface area (Å²) in [5, 5.41) is 17.7. The lowest BCUT2D eigenvalue weighted by molar-refractivity contribution is 0.275. The van der Waals surface area contributed by atoms with Gasteiger partial charge in [-0.1, -0.05) is 17.7 Å². The Kier molecular flexibility index (Phi) is 5.90. The molecule has 1 atom stereocenters. The normalized spacial score (nSPS) is 12.0. The third-order valence-corrected chi connectivity index (χ3v) is 2.30. The molecule has 0 bridgehead atoms. The Morgan fingerprint density at radius 3 is 2.60 bits per heavy atom. The first-order valence-corrected chi connectivity index (χ1v) is 4.49. The van der Waals surface area contributed by atoms with Gasteiger partial charge in [0.2, 0.25) is 0 Å². The van der Waals surface area contributed by atoms with Gasteiger partial charge >= 0.3 is 0 Å². The van der Waals surface area contributed by atoms with E-state index in [0.717, 1.165) is 6.07 Å². The van der Waals surface area contributed by atoms with E-state index >= 15 is 0 Å². The van der Waals surface area contributed by atoms with E-state index in [1.807, 2.05) is 0 Å². The minimum absolute atomic E-state index is 0. The summed E-state index contributed by atoms with van der Waals surface area (Å²) in [6.07, 6.45) is 0.287. The third kappa shape index (κ3) is 3.21. The molecule has 0 aliphatic rings. The molecule has 0 unspecified atom stereocenters. The lowest BCUT2D eigenvalue weighted by atomic mass is 10.0. The fraction of sp³-hybridized carbons (Fsp3) is 0.333. The number of aliphatic hydroxyl groups excluding tert-OH is 1. The molecule has 0 saturated carbocycles. The summed E-state index contributed by atoms with van der Waals surface area (Å²) in [6.45, 7) is -0.102. The summed E-state index contributed by atoms with van der Waals surface area (Å²) in [5.41, 5.74) is 5.96. The summed E-state index contributed by atoms with van der Waals surface area (Å²) in [7, 11) is 0. The van der Waals surface area contributed by atoms with Crippen molar-refractivity contribution in [3.05, 3.63) is 28.5 Å². The van der Waals surface area contributed by atoms with E-state index in [1.165, 1.54) is 6.07 Å². The first kappa shape index (κ1) is 14.5. The van der Waals surface area contributed by atoms with Gasteiger partial charge in [0.05, 0.1) is 0 Å². The Balaban J connectivity index is 0.00000196. The van der Waals surface area contributed by atoms with Crippen LogP contribution in [-0.4, -0.2) is 16.8 Å². The van der Waals surface area contributed by atoms with Gasteiger partial charge in [0.25, 0.3) is 0 Å². The van der Waals surface area contributed by atoms with E-state index in [1.54, 1.807) is 0 Å². The van der Waals surface area contributed by atoms with Crippen molar-refractivity contribution in [2.45, 2.75) is 12.5 Å². The van der Waals surface area contributed by atoms with Crippen LogP contribution in [0.1, 0.15) is 18.0 Å². The van der Waals surface area contributed by atoms with Crippen molar-refractivity contribution in [1.82, 2.24) is 0 Å². The van der Waals surface area contributed by atoms with Crippen molar-refractivity contribution in [3.8, 4) is 5.75 Å². The fourth-order valence-corrected chi connectivity index (χ4v) is 1.32. The smallest absolute Gasteiger partial charge is 0.145 e. The molecule has 86 valence electrons. The summed E-state index contributed by atoms with van der Waals surface area (Å²) < 4.78 is 12.8. The quantitative estimate of drug-likeness (QED) is 0.774. The number of phenols is 1. The Labute approximate surface area is 98.1 Å². The number of rotatable bonds is 3. The summed E-state index contributed by atoms with van der Waals surface area (Å²) in [6, 6.07) is 1.95. The molecule has 0 aliphatic carbocycles. The zero-order chi connectivity index (χ0) is 10.7. The third-order valence-electron chi connectivity index (χ3n) is 1.94. The predicted octanol–water partition coefficient (Wildman–Crippen LogP) is 1.99. The number of aliphatic hydroxyl groups is 1. The summed E-state index contributed by atoms with van der Waals surface area (Å²) >= 11 is 5.48. The van der Waals surface area contributed by atoms with Crippen molar-refractivity contribution in [2.75, 3.05) is 6.61 Å². The van der Waals surface area contributed by atoms with Gasteiger partial charge in [-0.25, -0.2) is 4.39 Å². The van der Waals surface area contributed by atoms with Crippen LogP contribution in [0, 0.1) is 5.82 Å². The molecule has 0 heterocycles. The average Bonchev–Trinajstić information content (AvgIpc) is 2.15. The zero-order valence-corrected chi connectivity index (χ0v) is 9.35. The highest BCUT2D eigenvalue weighted by atomic mass is 35.5. The predicted molar refractivity (Wildman–Crippen MR) is 59.0 cm³/mol. The molecule has 0 saturated heterocycles. The number of aromatic hydroxyl groups is 1. The maximum atomic E-state index is 12.8. The minimum atomic E-state index is -0.691. The molecule has 0 amide bonds. The maximum absolute atomic E-state index is 12.8. The monoisotopic (exact) mass is 255 g/mol. The lowest BCUT2D eigenvalue weighted by Crippen LogP contribution is -2.12. The van der Waals surface area contributed by atoms with Crippen LogP contribution in [-0.2, 0) is 0 Å². The number of hydrogen-bond donors (Lipinski definition) is 3. The Morgan fingerprint density at radius 1 is 1.47 bits per heavy atom. The van der Waals surface area contributed by atoms with Gasteiger partial charge < -0.3 is 15.9 Å². The van der Waals surface area contributed by atoms with Gasteiger partial charge in [-0.3, -0.25) is 0 Å². The molecule has 1 aromatic carbocycles. The zero-order valence-electron chi connectivity index (χ0n) is 7.78. The van der Waals surface area contributed by atoms with Gasteiger partial charge in [-0.2, -0.15) is 0 Å². The van der Waals surface area contributed by atoms with Crippen LogP contribution < -0.4 is 5.73 Å². The Morgan fingerprint density at radius 2 is 2.07 bits per heavy atom. The molecule has 0 aromatic heterocycles. The second-order valence-electron chi connectivity index (χ2n) is 2.92. The van der Waals surface area contributed by atoms with Gasteiger partial charge in [0, 0.05) is 18.2 Å². The molecule has 0 fully saturated rings. The van der Waals surface area contributed by atoms with Crippen molar-refractivity contribution in [1.29, 1.82) is 0 Å². The maximum Gasteiger partial charge on any atom is 0.145 e. The van der Waals surface area contributed by atoms with Crippen molar-refractivity contribution in [3.63, 3.8) is 0 Å². The first-order valence-electron chi connectivity index (χ1n) is 4.11. The van der Waals surface area contributed by atoms with E-state index in [9.17, 15) is 9.50 Å².